The molecule has 2 rings (SSSR count). The van der Waals surface area contributed by atoms with Crippen LogP contribution in [0, 0.1) is 5.92 Å². The first-order chi connectivity index (χ1) is 8.66. The summed E-state index contributed by atoms with van der Waals surface area (Å²) >= 11 is 0. The molecule has 1 unspecified atom stereocenters. The van der Waals surface area contributed by atoms with Crippen LogP contribution in [-0.2, 0) is 0 Å². The van der Waals surface area contributed by atoms with Gasteiger partial charge in [-0.1, -0.05) is 19.8 Å². The Morgan fingerprint density at radius 1 is 1.11 bits per heavy atom. The highest BCUT2D eigenvalue weighted by molar-refractivity contribution is 5.00. The highest BCUT2D eigenvalue weighted by Crippen LogP contribution is 2.37. The van der Waals surface area contributed by atoms with Crippen LogP contribution < -0.4 is 5.32 Å². The third-order valence-electron chi connectivity index (χ3n) is 5.17. The summed E-state index contributed by atoms with van der Waals surface area (Å²) in [7, 11) is 0. The third kappa shape index (κ3) is 3.08. The molecule has 1 aliphatic heterocycles. The van der Waals surface area contributed by atoms with Crippen molar-refractivity contribution in [3.8, 4) is 0 Å². The number of nitrogens with zero attached hydrogens (tertiary/aromatic N) is 1. The van der Waals surface area contributed by atoms with E-state index >= 15 is 0 Å². The normalized spacial score (nSPS) is 24.8. The maximum Gasteiger partial charge on any atom is 0.0308 e. The zero-order valence-corrected chi connectivity index (χ0v) is 12.7. The van der Waals surface area contributed by atoms with Crippen LogP contribution in [0.25, 0.3) is 0 Å². The molecule has 0 radical (unpaired) electrons. The summed E-state index contributed by atoms with van der Waals surface area (Å²) < 4.78 is 0. The van der Waals surface area contributed by atoms with E-state index in [4.69, 9.17) is 0 Å². The van der Waals surface area contributed by atoms with Gasteiger partial charge in [-0.25, -0.2) is 0 Å². The van der Waals surface area contributed by atoms with Gasteiger partial charge >= 0.3 is 0 Å². The lowest BCUT2D eigenvalue weighted by atomic mass is 9.72. The van der Waals surface area contributed by atoms with Gasteiger partial charge in [-0.15, -0.1) is 0 Å². The van der Waals surface area contributed by atoms with Gasteiger partial charge in [0, 0.05) is 11.6 Å². The standard InChI is InChI=1S/C16H32N2/c1-4-11-17-15(14-9-8-10-14)16(2,3)18-12-6-5-7-13-18/h14-15,17H,4-13H2,1-3H3. The average Bonchev–Trinajstić information content (AvgIpc) is 2.33. The summed E-state index contributed by atoms with van der Waals surface area (Å²) in [5.41, 5.74) is 0.334. The highest BCUT2D eigenvalue weighted by Gasteiger charge is 2.41. The number of nitrogens with one attached hydrogen (secondary N) is 1. The van der Waals surface area contributed by atoms with Gasteiger partial charge in [0.15, 0.2) is 0 Å². The molecule has 0 spiro atoms. The Balaban J connectivity index is 2.00. The van der Waals surface area contributed by atoms with Crippen LogP contribution in [0.4, 0.5) is 0 Å². The van der Waals surface area contributed by atoms with Gasteiger partial charge in [0.1, 0.15) is 0 Å². The van der Waals surface area contributed by atoms with Gasteiger partial charge in [0.05, 0.1) is 0 Å². The molecule has 2 nitrogen and oxygen atoms in total. The Bertz CT molecular complexity index is 239. The Hall–Kier alpha value is -0.0800. The van der Waals surface area contributed by atoms with Crippen LogP contribution in [0.5, 0.6) is 0 Å². The van der Waals surface area contributed by atoms with Crippen molar-refractivity contribution in [1.29, 1.82) is 0 Å². The maximum atomic E-state index is 3.87. The fourth-order valence-electron chi connectivity index (χ4n) is 3.73. The molecule has 1 aliphatic carbocycles. The van der Waals surface area contributed by atoms with Crippen molar-refractivity contribution in [2.75, 3.05) is 19.6 Å². The van der Waals surface area contributed by atoms with Crippen molar-refractivity contribution in [2.24, 2.45) is 5.92 Å². The van der Waals surface area contributed by atoms with Crippen LogP contribution >= 0.6 is 0 Å². The molecule has 1 saturated heterocycles. The number of hydrogen-bond donors (Lipinski definition) is 1. The number of rotatable bonds is 6. The van der Waals surface area contributed by atoms with Crippen LogP contribution in [0.15, 0.2) is 0 Å². The molecule has 0 aromatic heterocycles. The van der Waals surface area contributed by atoms with Gasteiger partial charge in [0.2, 0.25) is 0 Å². The first-order valence-corrected chi connectivity index (χ1v) is 8.14. The predicted octanol–water partition coefficient (Wildman–Crippen LogP) is 3.42. The lowest BCUT2D eigenvalue weighted by molar-refractivity contribution is 0.0230. The van der Waals surface area contributed by atoms with E-state index in [0.29, 0.717) is 11.6 Å². The van der Waals surface area contributed by atoms with Gasteiger partial charge < -0.3 is 5.32 Å². The summed E-state index contributed by atoms with van der Waals surface area (Å²) in [6, 6.07) is 0.698. The number of likely N-dealkylation sites (tertiary alicyclic amines) is 1. The second kappa shape index (κ2) is 6.38. The molecule has 2 heteroatoms. The largest absolute Gasteiger partial charge is 0.312 e. The minimum atomic E-state index is 0.334. The molecule has 1 heterocycles. The summed E-state index contributed by atoms with van der Waals surface area (Å²) in [6.07, 6.45) is 9.81. The van der Waals surface area contributed by atoms with Gasteiger partial charge in [-0.3, -0.25) is 4.90 Å². The van der Waals surface area contributed by atoms with Crippen molar-refractivity contribution in [1.82, 2.24) is 10.2 Å². The molecular formula is C16H32N2. The second-order valence-corrected chi connectivity index (χ2v) is 6.82. The fraction of sp³-hybridized carbons (Fsp3) is 1.00. The molecule has 18 heavy (non-hydrogen) atoms. The fourth-order valence-corrected chi connectivity index (χ4v) is 3.73. The molecule has 1 saturated carbocycles. The van der Waals surface area contributed by atoms with Crippen molar-refractivity contribution >= 4 is 0 Å². The molecule has 1 atom stereocenters. The third-order valence-corrected chi connectivity index (χ3v) is 5.17. The quantitative estimate of drug-likeness (QED) is 0.779. The topological polar surface area (TPSA) is 15.3 Å². The number of piperidine rings is 1. The van der Waals surface area contributed by atoms with Crippen LogP contribution in [-0.4, -0.2) is 36.1 Å². The van der Waals surface area contributed by atoms with Gasteiger partial charge in [-0.05, 0) is 71.5 Å². The maximum absolute atomic E-state index is 3.87. The zero-order chi connectivity index (χ0) is 13.0. The first kappa shape index (κ1) is 14.3. The van der Waals surface area contributed by atoms with Gasteiger partial charge in [-0.2, -0.15) is 0 Å². The molecule has 0 amide bonds. The van der Waals surface area contributed by atoms with Crippen molar-refractivity contribution in [3.63, 3.8) is 0 Å². The summed E-state index contributed by atoms with van der Waals surface area (Å²) in [5, 5.41) is 3.87. The zero-order valence-electron chi connectivity index (χ0n) is 12.7. The van der Waals surface area contributed by atoms with E-state index in [1.54, 1.807) is 0 Å². The Kier molecular flexibility index (Phi) is 5.08. The van der Waals surface area contributed by atoms with E-state index < -0.39 is 0 Å². The van der Waals surface area contributed by atoms with Crippen molar-refractivity contribution in [3.05, 3.63) is 0 Å². The summed E-state index contributed by atoms with van der Waals surface area (Å²) in [4.78, 5) is 2.75. The highest BCUT2D eigenvalue weighted by atomic mass is 15.2. The Morgan fingerprint density at radius 3 is 2.28 bits per heavy atom. The Labute approximate surface area is 114 Å². The van der Waals surface area contributed by atoms with E-state index in [2.05, 4.69) is 31.0 Å². The monoisotopic (exact) mass is 252 g/mol. The molecule has 106 valence electrons. The van der Waals surface area contributed by atoms with E-state index in [0.717, 1.165) is 5.92 Å². The smallest absolute Gasteiger partial charge is 0.0308 e. The molecule has 0 aromatic carbocycles. The van der Waals surface area contributed by atoms with Crippen molar-refractivity contribution in [2.45, 2.75) is 77.3 Å². The Morgan fingerprint density at radius 2 is 1.78 bits per heavy atom. The lowest BCUT2D eigenvalue weighted by Gasteiger charge is -2.51. The first-order valence-electron chi connectivity index (χ1n) is 8.14. The van der Waals surface area contributed by atoms with E-state index in [9.17, 15) is 0 Å². The summed E-state index contributed by atoms with van der Waals surface area (Å²) in [5.74, 6) is 0.925. The van der Waals surface area contributed by atoms with Crippen LogP contribution in [0.3, 0.4) is 0 Å². The van der Waals surface area contributed by atoms with Gasteiger partial charge in [0.25, 0.3) is 0 Å². The molecule has 0 aromatic rings. The minimum Gasteiger partial charge on any atom is -0.312 e. The SMILES string of the molecule is CCCNC(C1CCC1)C(C)(C)N1CCCCC1. The predicted molar refractivity (Wildman–Crippen MR) is 78.9 cm³/mol. The van der Waals surface area contributed by atoms with Crippen LogP contribution in [0.1, 0.15) is 65.7 Å². The molecule has 2 fully saturated rings. The molecular weight excluding hydrogens is 220 g/mol. The summed E-state index contributed by atoms with van der Waals surface area (Å²) in [6.45, 7) is 11.0. The van der Waals surface area contributed by atoms with E-state index in [-0.39, 0.29) is 0 Å². The average molecular weight is 252 g/mol. The second-order valence-electron chi connectivity index (χ2n) is 6.82. The lowest BCUT2D eigenvalue weighted by Crippen LogP contribution is -2.62. The number of hydrogen-bond acceptors (Lipinski definition) is 2. The van der Waals surface area contributed by atoms with E-state index in [1.807, 2.05) is 0 Å². The minimum absolute atomic E-state index is 0.334. The molecule has 2 aliphatic rings. The van der Waals surface area contributed by atoms with Crippen molar-refractivity contribution < 1.29 is 0 Å². The van der Waals surface area contributed by atoms with Crippen LogP contribution in [0.2, 0.25) is 0 Å². The molecule has 1 N–H and O–H groups in total. The molecule has 0 bridgehead atoms. The van der Waals surface area contributed by atoms with E-state index in [1.165, 1.54) is 64.6 Å².